The second-order valence-electron chi connectivity index (χ2n) is 4.26. The summed E-state index contributed by atoms with van der Waals surface area (Å²) in [7, 11) is 1.28. The van der Waals surface area contributed by atoms with E-state index >= 15 is 0 Å². The van der Waals surface area contributed by atoms with Gasteiger partial charge in [0.15, 0.2) is 0 Å². The van der Waals surface area contributed by atoms with E-state index in [-0.39, 0.29) is 0 Å². The number of esters is 1. The lowest BCUT2D eigenvalue weighted by Gasteiger charge is -2.41. The van der Waals surface area contributed by atoms with Crippen molar-refractivity contribution in [3.63, 3.8) is 0 Å². The summed E-state index contributed by atoms with van der Waals surface area (Å²) in [5.74, 6) is -2.84. The van der Waals surface area contributed by atoms with E-state index in [4.69, 9.17) is 9.78 Å². The van der Waals surface area contributed by atoms with E-state index in [9.17, 15) is 9.90 Å². The molecule has 0 aromatic heterocycles. The highest BCUT2D eigenvalue weighted by atomic mass is 17.2. The minimum absolute atomic E-state index is 0.354. The summed E-state index contributed by atoms with van der Waals surface area (Å²) in [6.07, 6.45) is 0.354. The van der Waals surface area contributed by atoms with Crippen LogP contribution in [-0.4, -0.2) is 29.6 Å². The van der Waals surface area contributed by atoms with Crippen molar-refractivity contribution in [1.29, 1.82) is 0 Å². The quantitative estimate of drug-likeness (QED) is 0.501. The molecule has 5 heteroatoms. The van der Waals surface area contributed by atoms with Crippen LogP contribution in [0.25, 0.3) is 0 Å². The molecule has 14 heavy (non-hydrogen) atoms. The lowest BCUT2D eigenvalue weighted by molar-refractivity contribution is -0.486. The van der Waals surface area contributed by atoms with E-state index in [0.29, 0.717) is 6.42 Å². The Morgan fingerprint density at radius 2 is 2.00 bits per heavy atom. The van der Waals surface area contributed by atoms with Crippen LogP contribution in [0.15, 0.2) is 0 Å². The standard InChI is InChI=1S/C9H16O5/c1-8(2)5-6(7(10)12-4)9(3,11)14-13-8/h6,11H,5H2,1-4H3. The molecule has 0 aromatic rings. The summed E-state index contributed by atoms with van der Waals surface area (Å²) < 4.78 is 4.58. The van der Waals surface area contributed by atoms with Crippen LogP contribution in [0.4, 0.5) is 0 Å². The molecule has 0 aromatic carbocycles. The topological polar surface area (TPSA) is 65.0 Å². The Balaban J connectivity index is 2.82. The number of methoxy groups -OCH3 is 1. The first-order valence-corrected chi connectivity index (χ1v) is 4.45. The summed E-state index contributed by atoms with van der Waals surface area (Å²) in [4.78, 5) is 21.1. The SMILES string of the molecule is COC(=O)C1CC(C)(C)OOC1(C)O. The molecule has 1 aliphatic rings. The highest BCUT2D eigenvalue weighted by Crippen LogP contribution is 2.36. The first kappa shape index (κ1) is 11.4. The maximum Gasteiger partial charge on any atom is 0.314 e. The number of carbonyl (C=O) groups excluding carboxylic acids is 1. The van der Waals surface area contributed by atoms with Crippen molar-refractivity contribution in [1.82, 2.24) is 0 Å². The molecule has 1 N–H and O–H groups in total. The van der Waals surface area contributed by atoms with Gasteiger partial charge in [-0.3, -0.25) is 4.79 Å². The normalized spacial score (nSPS) is 36.5. The third-order valence-electron chi connectivity index (χ3n) is 2.26. The largest absolute Gasteiger partial charge is 0.469 e. The molecule has 1 rings (SSSR count). The van der Waals surface area contributed by atoms with Crippen LogP contribution in [0.5, 0.6) is 0 Å². The predicted octanol–water partition coefficient (Wildman–Crippen LogP) is 0.615. The van der Waals surface area contributed by atoms with Crippen LogP contribution >= 0.6 is 0 Å². The van der Waals surface area contributed by atoms with E-state index < -0.39 is 23.3 Å². The van der Waals surface area contributed by atoms with Gasteiger partial charge in [0.2, 0.25) is 5.79 Å². The number of rotatable bonds is 1. The summed E-state index contributed by atoms with van der Waals surface area (Å²) in [6, 6.07) is 0. The van der Waals surface area contributed by atoms with Gasteiger partial charge in [-0.1, -0.05) is 0 Å². The van der Waals surface area contributed by atoms with Gasteiger partial charge in [0, 0.05) is 0 Å². The molecule has 5 nitrogen and oxygen atoms in total. The molecular formula is C9H16O5. The number of ether oxygens (including phenoxy) is 1. The first-order chi connectivity index (χ1) is 6.28. The first-order valence-electron chi connectivity index (χ1n) is 4.45. The van der Waals surface area contributed by atoms with Crippen molar-refractivity contribution < 1.29 is 24.4 Å². The second-order valence-corrected chi connectivity index (χ2v) is 4.26. The van der Waals surface area contributed by atoms with Gasteiger partial charge >= 0.3 is 5.97 Å². The van der Waals surface area contributed by atoms with Gasteiger partial charge in [-0.25, -0.2) is 9.78 Å². The molecule has 1 fully saturated rings. The van der Waals surface area contributed by atoms with Gasteiger partial charge in [-0.05, 0) is 27.2 Å². The fraction of sp³-hybridized carbons (Fsp3) is 0.889. The minimum atomic E-state index is -1.62. The van der Waals surface area contributed by atoms with Crippen molar-refractivity contribution in [3.05, 3.63) is 0 Å². The van der Waals surface area contributed by atoms with Crippen LogP contribution in [0.2, 0.25) is 0 Å². The van der Waals surface area contributed by atoms with Crippen molar-refractivity contribution in [3.8, 4) is 0 Å². The van der Waals surface area contributed by atoms with Gasteiger partial charge in [0.25, 0.3) is 0 Å². The third kappa shape index (κ3) is 2.23. The molecule has 0 saturated carbocycles. The van der Waals surface area contributed by atoms with Crippen molar-refractivity contribution >= 4 is 5.97 Å². The molecule has 0 amide bonds. The maximum absolute atomic E-state index is 11.4. The van der Waals surface area contributed by atoms with E-state index in [1.807, 2.05) is 0 Å². The number of aliphatic hydroxyl groups is 1. The van der Waals surface area contributed by atoms with E-state index in [1.54, 1.807) is 13.8 Å². The molecular weight excluding hydrogens is 188 g/mol. The highest BCUT2D eigenvalue weighted by Gasteiger charge is 2.49. The van der Waals surface area contributed by atoms with Crippen molar-refractivity contribution in [2.24, 2.45) is 5.92 Å². The van der Waals surface area contributed by atoms with Gasteiger partial charge in [-0.2, -0.15) is 0 Å². The van der Waals surface area contributed by atoms with Gasteiger partial charge in [0.1, 0.15) is 5.92 Å². The van der Waals surface area contributed by atoms with Crippen molar-refractivity contribution in [2.45, 2.75) is 38.6 Å². The number of hydrogen-bond donors (Lipinski definition) is 1. The molecule has 2 atom stereocenters. The molecule has 2 unspecified atom stereocenters. The lowest BCUT2D eigenvalue weighted by Crippen LogP contribution is -2.52. The van der Waals surface area contributed by atoms with E-state index in [1.165, 1.54) is 14.0 Å². The Kier molecular flexibility index (Phi) is 2.85. The lowest BCUT2D eigenvalue weighted by atomic mass is 9.87. The molecule has 82 valence electrons. The molecule has 0 aliphatic carbocycles. The Hall–Kier alpha value is -0.650. The fourth-order valence-corrected chi connectivity index (χ4v) is 1.41. The summed E-state index contributed by atoms with van der Waals surface area (Å²) in [5.41, 5.74) is -0.596. The molecule has 1 heterocycles. The minimum Gasteiger partial charge on any atom is -0.469 e. The third-order valence-corrected chi connectivity index (χ3v) is 2.26. The van der Waals surface area contributed by atoms with Crippen LogP contribution in [0.3, 0.4) is 0 Å². The van der Waals surface area contributed by atoms with E-state index in [0.717, 1.165) is 0 Å². The Labute approximate surface area is 82.9 Å². The van der Waals surface area contributed by atoms with Gasteiger partial charge in [-0.15, -0.1) is 0 Å². The summed E-state index contributed by atoms with van der Waals surface area (Å²) in [5, 5.41) is 9.72. The van der Waals surface area contributed by atoms with Gasteiger partial charge in [0.05, 0.1) is 12.7 Å². The maximum atomic E-state index is 11.4. The van der Waals surface area contributed by atoms with E-state index in [2.05, 4.69) is 4.74 Å². The second kappa shape index (κ2) is 3.49. The predicted molar refractivity (Wildman–Crippen MR) is 47.0 cm³/mol. The smallest absolute Gasteiger partial charge is 0.314 e. The highest BCUT2D eigenvalue weighted by molar-refractivity contribution is 5.73. The number of hydrogen-bond acceptors (Lipinski definition) is 5. The summed E-state index contributed by atoms with van der Waals surface area (Å²) in [6.45, 7) is 4.93. The monoisotopic (exact) mass is 204 g/mol. The molecule has 1 aliphatic heterocycles. The van der Waals surface area contributed by atoms with Crippen LogP contribution in [0.1, 0.15) is 27.2 Å². The zero-order valence-electron chi connectivity index (χ0n) is 8.86. The molecule has 1 saturated heterocycles. The average molecular weight is 204 g/mol. The Morgan fingerprint density at radius 1 is 1.43 bits per heavy atom. The van der Waals surface area contributed by atoms with Crippen LogP contribution in [-0.2, 0) is 19.3 Å². The van der Waals surface area contributed by atoms with Crippen LogP contribution < -0.4 is 0 Å². The Bertz CT molecular complexity index is 233. The van der Waals surface area contributed by atoms with Crippen molar-refractivity contribution in [2.75, 3.05) is 7.11 Å². The molecule has 0 spiro atoms. The molecule has 0 radical (unpaired) electrons. The zero-order chi connectivity index (χ0) is 11.0. The molecule has 0 bridgehead atoms. The Morgan fingerprint density at radius 3 is 2.50 bits per heavy atom. The van der Waals surface area contributed by atoms with Gasteiger partial charge < -0.3 is 9.84 Å². The summed E-state index contributed by atoms with van der Waals surface area (Å²) >= 11 is 0. The zero-order valence-corrected chi connectivity index (χ0v) is 8.86. The fourth-order valence-electron chi connectivity index (χ4n) is 1.41. The average Bonchev–Trinajstić information content (AvgIpc) is 2.09. The van der Waals surface area contributed by atoms with Crippen LogP contribution in [0, 0.1) is 5.92 Å². The number of carbonyl (C=O) groups is 1.